The zero-order valence-corrected chi connectivity index (χ0v) is 44.9. The van der Waals surface area contributed by atoms with Crippen molar-refractivity contribution in [2.75, 3.05) is 36.8 Å². The molecular weight excluding hydrogens is 1070 g/mol. The van der Waals surface area contributed by atoms with Gasteiger partial charge in [-0.1, -0.05) is 92.7 Å². The number of carbonyl (C=O) groups excluding carboxylic acids is 6. The van der Waals surface area contributed by atoms with Crippen LogP contribution in [0, 0.1) is 11.8 Å². The second kappa shape index (κ2) is 23.2. The lowest BCUT2D eigenvalue weighted by atomic mass is 10.00. The average molecular weight is 1130 g/mol. The molecule has 21 heteroatoms. The summed E-state index contributed by atoms with van der Waals surface area (Å²) in [4.78, 5) is 85.0. The number of aromatic nitrogens is 5. The molecule has 2 fully saturated rings. The molecule has 79 heavy (non-hydrogen) atoms. The first-order valence-electron chi connectivity index (χ1n) is 25.9. The van der Waals surface area contributed by atoms with E-state index >= 15 is 0 Å². The minimum Gasteiger partial charge on any atom is -0.445 e. The highest BCUT2D eigenvalue weighted by atomic mass is 79.9. The van der Waals surface area contributed by atoms with Gasteiger partial charge in [-0.2, -0.15) is 10.2 Å². The lowest BCUT2D eigenvalue weighted by Crippen LogP contribution is -2.33. The van der Waals surface area contributed by atoms with E-state index in [1.54, 1.807) is 55.4 Å². The van der Waals surface area contributed by atoms with Crippen molar-refractivity contribution in [1.82, 2.24) is 38.9 Å². The van der Waals surface area contributed by atoms with Crippen LogP contribution in [0.5, 0.6) is 0 Å². The normalized spacial score (nSPS) is 17.6. The zero-order chi connectivity index (χ0) is 55.3. The van der Waals surface area contributed by atoms with Crippen molar-refractivity contribution in [3.8, 4) is 11.1 Å². The molecule has 0 spiro atoms. The van der Waals surface area contributed by atoms with Crippen LogP contribution in [-0.4, -0.2) is 113 Å². The summed E-state index contributed by atoms with van der Waals surface area (Å²) >= 11 is 3.45. The van der Waals surface area contributed by atoms with E-state index in [0.29, 0.717) is 65.5 Å². The molecule has 5 aromatic heterocycles. The second-order valence-electron chi connectivity index (χ2n) is 19.7. The molecule has 8 aromatic rings. The third kappa shape index (κ3) is 11.5. The van der Waals surface area contributed by atoms with Gasteiger partial charge in [0.15, 0.2) is 0 Å². The number of hydrogen-bond acceptors (Lipinski definition) is 13. The number of nitrogens with one attached hydrogen (secondary N) is 2. The molecule has 6 N–H and O–H groups in total. The van der Waals surface area contributed by atoms with Crippen molar-refractivity contribution in [1.29, 1.82) is 0 Å². The molecule has 0 saturated carbocycles. The number of nitrogens with two attached hydrogens (primary N) is 2. The quantitative estimate of drug-likeness (QED) is 0.0705. The summed E-state index contributed by atoms with van der Waals surface area (Å²) in [6.07, 6.45) is 9.16. The fraction of sp³-hybridized carbons (Fsp3) is 0.259. The maximum atomic E-state index is 13.0. The highest BCUT2D eigenvalue weighted by molar-refractivity contribution is 9.10. The Morgan fingerprint density at radius 1 is 0.608 bits per heavy atom. The first-order chi connectivity index (χ1) is 38.3. The van der Waals surface area contributed by atoms with Crippen LogP contribution >= 0.6 is 15.9 Å². The van der Waals surface area contributed by atoms with Crippen LogP contribution in [0.3, 0.4) is 0 Å². The number of hydrogen-bond donors (Lipinski definition) is 4. The van der Waals surface area contributed by atoms with E-state index in [1.807, 2.05) is 91.3 Å². The minimum atomic E-state index is -0.625. The van der Waals surface area contributed by atoms with Gasteiger partial charge in [0.25, 0.3) is 23.6 Å². The molecule has 3 aromatic carbocycles. The predicted molar refractivity (Wildman–Crippen MR) is 298 cm³/mol. The minimum absolute atomic E-state index is 0.0488. The molecule has 2 saturated heterocycles. The number of imide groups is 1. The summed E-state index contributed by atoms with van der Waals surface area (Å²) in [6.45, 7) is 6.59. The van der Waals surface area contributed by atoms with E-state index in [4.69, 9.17) is 20.9 Å². The number of primary amides is 2. The number of likely N-dealkylation sites (tertiary alicyclic amines) is 2. The zero-order valence-electron chi connectivity index (χ0n) is 43.3. The summed E-state index contributed by atoms with van der Waals surface area (Å²) in [5.41, 5.74) is 19.2. The standard InChI is InChI=1S/C36H33N7O5.C22H24BrN5O3/c1-2-23-17-41(36(47)48-21-22-8-4-3-5-9-22)20-30(23)40-32-29(33(37)44)16-39-43-18-25(14-31(32)43)24-12-13-26(38-15-24)19-42-34(45)27-10-6-7-11-28(27)35(42)46;1-2-15-10-27(22(30)31-13-14-6-4-3-5-7-14)12-18(15)26-20-17(21(24)29)9-25-28-11-16(23)8-19(20)28/h3-16,18,23,30,40H,2,17,19-21H2,1H3,(H2,37,44);3-9,11,15,18,26H,2,10,12-13H2,1H3,(H2,24,29)/t23-,30+;15-,18+/m00/s1. The first-order valence-corrected chi connectivity index (χ1v) is 26.7. The summed E-state index contributed by atoms with van der Waals surface area (Å²) in [7, 11) is 0. The van der Waals surface area contributed by atoms with Crippen LogP contribution in [0.2, 0.25) is 0 Å². The topological polar surface area (TPSA) is 254 Å². The number of halogens is 1. The van der Waals surface area contributed by atoms with E-state index in [1.165, 1.54) is 17.3 Å². The Bertz CT molecular complexity index is 3560. The Labute approximate surface area is 462 Å². The van der Waals surface area contributed by atoms with E-state index in [0.717, 1.165) is 45.1 Å². The summed E-state index contributed by atoms with van der Waals surface area (Å²) in [6, 6.07) is 33.1. The molecule has 4 atom stereocenters. The fourth-order valence-electron chi connectivity index (χ4n) is 10.3. The maximum absolute atomic E-state index is 13.0. The lowest BCUT2D eigenvalue weighted by molar-refractivity contribution is 0.0639. The van der Waals surface area contributed by atoms with Gasteiger partial charge in [0.1, 0.15) is 13.2 Å². The van der Waals surface area contributed by atoms with Crippen molar-refractivity contribution in [3.05, 3.63) is 184 Å². The van der Waals surface area contributed by atoms with Gasteiger partial charge in [0.05, 0.1) is 69.3 Å². The molecule has 6 amide bonds. The lowest BCUT2D eigenvalue weighted by Gasteiger charge is -2.21. The Morgan fingerprint density at radius 2 is 1.09 bits per heavy atom. The maximum Gasteiger partial charge on any atom is 0.410 e. The average Bonchev–Trinajstić information content (AvgIpc) is 4.45. The molecule has 404 valence electrons. The number of nitrogens with zero attached hydrogens (tertiary/aromatic N) is 8. The second-order valence-corrected chi connectivity index (χ2v) is 20.6. The fourth-order valence-corrected chi connectivity index (χ4v) is 10.7. The Kier molecular flexibility index (Phi) is 15.7. The van der Waals surface area contributed by atoms with Crippen LogP contribution in [0.25, 0.3) is 22.2 Å². The van der Waals surface area contributed by atoms with Crippen molar-refractivity contribution in [3.63, 3.8) is 0 Å². The van der Waals surface area contributed by atoms with Crippen LogP contribution in [0.1, 0.15) is 84.9 Å². The van der Waals surface area contributed by atoms with Crippen molar-refractivity contribution in [2.45, 2.75) is 58.5 Å². The third-order valence-corrected chi connectivity index (χ3v) is 15.1. The molecular formula is C58H57BrN12O8. The highest BCUT2D eigenvalue weighted by Crippen LogP contribution is 2.34. The van der Waals surface area contributed by atoms with E-state index in [2.05, 4.69) is 55.6 Å². The largest absolute Gasteiger partial charge is 0.445 e. The van der Waals surface area contributed by atoms with Gasteiger partial charge >= 0.3 is 12.2 Å². The number of benzene rings is 3. The molecule has 3 aliphatic rings. The molecule has 20 nitrogen and oxygen atoms in total. The van der Waals surface area contributed by atoms with E-state index in [-0.39, 0.29) is 73.2 Å². The molecule has 0 radical (unpaired) electrons. The number of carbonyl (C=O) groups is 6. The first kappa shape index (κ1) is 53.3. The Morgan fingerprint density at radius 3 is 1.56 bits per heavy atom. The number of fused-ring (bicyclic) bond motifs is 3. The number of pyridine rings is 1. The van der Waals surface area contributed by atoms with Gasteiger partial charge in [-0.15, -0.1) is 0 Å². The monoisotopic (exact) mass is 1130 g/mol. The van der Waals surface area contributed by atoms with Gasteiger partial charge in [-0.25, -0.2) is 18.6 Å². The van der Waals surface area contributed by atoms with Gasteiger partial charge in [0.2, 0.25) is 0 Å². The van der Waals surface area contributed by atoms with Gasteiger partial charge in [0, 0.05) is 72.5 Å². The molecule has 11 rings (SSSR count). The van der Waals surface area contributed by atoms with Crippen LogP contribution in [0.4, 0.5) is 21.0 Å². The van der Waals surface area contributed by atoms with E-state index < -0.39 is 11.8 Å². The smallest absolute Gasteiger partial charge is 0.410 e. The highest BCUT2D eigenvalue weighted by Gasteiger charge is 2.38. The molecule has 0 aliphatic carbocycles. The number of rotatable bonds is 15. The molecule has 3 aliphatic heterocycles. The van der Waals surface area contributed by atoms with Crippen molar-refractivity contribution >= 4 is 74.2 Å². The van der Waals surface area contributed by atoms with Gasteiger partial charge in [-0.05, 0) is 82.1 Å². The van der Waals surface area contributed by atoms with Crippen LogP contribution in [-0.2, 0) is 29.2 Å². The summed E-state index contributed by atoms with van der Waals surface area (Å²) < 4.78 is 15.3. The van der Waals surface area contributed by atoms with Crippen LogP contribution in [0.15, 0.2) is 145 Å². The summed E-state index contributed by atoms with van der Waals surface area (Å²) in [5.74, 6) is -1.54. The third-order valence-electron chi connectivity index (χ3n) is 14.6. The molecule has 0 unspecified atom stereocenters. The SMILES string of the molecule is CC[C@H]1CN(C(=O)OCc2ccccc2)C[C@H]1Nc1c(C(N)=O)cnn2cc(-c3ccc(CN4C(=O)c5ccccc5C4=O)nc3)cc12.CC[C@H]1CN(C(=O)OCc2ccccc2)C[C@H]1Nc1c(C(N)=O)cnn2cc(Br)cc12. The van der Waals surface area contributed by atoms with Crippen molar-refractivity contribution in [2.24, 2.45) is 23.3 Å². The van der Waals surface area contributed by atoms with Crippen LogP contribution < -0.4 is 22.1 Å². The number of ether oxygens (including phenoxy) is 2. The van der Waals surface area contributed by atoms with Gasteiger partial charge < -0.3 is 41.4 Å². The molecule has 0 bridgehead atoms. The van der Waals surface area contributed by atoms with E-state index in [9.17, 15) is 28.8 Å². The molecule has 8 heterocycles. The number of anilines is 2. The Balaban J connectivity index is 0.000000196. The Hall–Kier alpha value is -9.11. The predicted octanol–water partition coefficient (Wildman–Crippen LogP) is 8.41. The van der Waals surface area contributed by atoms with Gasteiger partial charge in [-0.3, -0.25) is 29.1 Å². The summed E-state index contributed by atoms with van der Waals surface area (Å²) in [5, 5.41) is 15.7. The number of amides is 6. The van der Waals surface area contributed by atoms with Crippen molar-refractivity contribution < 1.29 is 38.2 Å².